The highest BCUT2D eigenvalue weighted by molar-refractivity contribution is 7.89. The lowest BCUT2D eigenvalue weighted by Crippen LogP contribution is -2.26. The second kappa shape index (κ2) is 6.51. The Labute approximate surface area is 118 Å². The average molecular weight is 308 g/mol. The summed E-state index contributed by atoms with van der Waals surface area (Å²) in [6.45, 7) is 4.90. The van der Waals surface area contributed by atoms with E-state index in [4.69, 9.17) is 10.5 Å². The maximum atomic E-state index is 12.2. The van der Waals surface area contributed by atoms with Crippen molar-refractivity contribution in [3.05, 3.63) is 0 Å². The Morgan fingerprint density at radius 2 is 2.16 bits per heavy atom. The maximum absolute atomic E-state index is 12.2. The number of nitrogens with zero attached hydrogens (tertiary/aromatic N) is 2. The topological polar surface area (TPSA) is 97.5 Å². The molecule has 1 aromatic heterocycles. The highest BCUT2D eigenvalue weighted by Gasteiger charge is 2.28. The summed E-state index contributed by atoms with van der Waals surface area (Å²) in [6.07, 6.45) is 0. The number of nitrogens with one attached hydrogen (secondary N) is 1. The lowest BCUT2D eigenvalue weighted by Gasteiger charge is -2.16. The van der Waals surface area contributed by atoms with Gasteiger partial charge >= 0.3 is 0 Å². The van der Waals surface area contributed by atoms with E-state index in [0.717, 1.165) is 15.8 Å². The van der Waals surface area contributed by atoms with Crippen LogP contribution >= 0.6 is 11.5 Å². The molecule has 1 unspecified atom stereocenters. The highest BCUT2D eigenvalue weighted by atomic mass is 32.2. The van der Waals surface area contributed by atoms with Crippen LogP contribution in [0.3, 0.4) is 0 Å². The van der Waals surface area contributed by atoms with Crippen LogP contribution in [0.15, 0.2) is 4.90 Å². The van der Waals surface area contributed by atoms with Crippen molar-refractivity contribution in [2.45, 2.75) is 24.8 Å². The molecule has 0 aliphatic rings. The van der Waals surface area contributed by atoms with E-state index < -0.39 is 10.0 Å². The number of sulfonamides is 1. The van der Waals surface area contributed by atoms with Crippen molar-refractivity contribution in [2.75, 3.05) is 38.4 Å². The summed E-state index contributed by atoms with van der Waals surface area (Å²) in [5.41, 5.74) is 5.66. The molecule has 0 saturated heterocycles. The fourth-order valence-electron chi connectivity index (χ4n) is 1.38. The first-order chi connectivity index (χ1) is 8.80. The van der Waals surface area contributed by atoms with Gasteiger partial charge in [0.05, 0.1) is 6.61 Å². The number of anilines is 2. The largest absolute Gasteiger partial charge is 0.382 e. The van der Waals surface area contributed by atoms with E-state index in [1.807, 2.05) is 13.8 Å². The number of hydrogen-bond acceptors (Lipinski definition) is 7. The van der Waals surface area contributed by atoms with E-state index in [0.29, 0.717) is 18.2 Å². The Kier molecular flexibility index (Phi) is 5.53. The smallest absolute Gasteiger partial charge is 0.249 e. The molecule has 0 aliphatic heterocycles. The monoisotopic (exact) mass is 308 g/mol. The number of nitrogen functional groups attached to an aromatic ring is 1. The van der Waals surface area contributed by atoms with Gasteiger partial charge in [0, 0.05) is 26.7 Å². The Bertz CT molecular complexity index is 513. The van der Waals surface area contributed by atoms with Crippen LogP contribution in [-0.2, 0) is 14.8 Å². The zero-order valence-electron chi connectivity index (χ0n) is 11.5. The highest BCUT2D eigenvalue weighted by Crippen LogP contribution is 2.33. The maximum Gasteiger partial charge on any atom is 0.249 e. The zero-order valence-corrected chi connectivity index (χ0v) is 13.1. The van der Waals surface area contributed by atoms with Crippen molar-refractivity contribution in [1.29, 1.82) is 0 Å². The predicted octanol–water partition coefficient (Wildman–Crippen LogP) is 0.813. The normalized spacial score (nSPS) is 13.7. The van der Waals surface area contributed by atoms with Crippen LogP contribution in [0, 0.1) is 0 Å². The minimum Gasteiger partial charge on any atom is -0.382 e. The molecular weight excluding hydrogens is 288 g/mol. The van der Waals surface area contributed by atoms with Crippen LogP contribution in [-0.4, -0.2) is 50.4 Å². The van der Waals surface area contributed by atoms with Crippen molar-refractivity contribution in [3.63, 3.8) is 0 Å². The van der Waals surface area contributed by atoms with Crippen molar-refractivity contribution in [2.24, 2.45) is 0 Å². The van der Waals surface area contributed by atoms with Gasteiger partial charge in [0.2, 0.25) is 10.0 Å². The fourth-order valence-corrected chi connectivity index (χ4v) is 3.55. The molecule has 0 amide bonds. The minimum absolute atomic E-state index is 0.0183. The van der Waals surface area contributed by atoms with Gasteiger partial charge in [-0.3, -0.25) is 0 Å². The number of ether oxygens (including phenoxy) is 1. The number of hydrogen-bond donors (Lipinski definition) is 2. The molecule has 0 aromatic carbocycles. The van der Waals surface area contributed by atoms with Gasteiger partial charge < -0.3 is 15.8 Å². The Morgan fingerprint density at radius 3 is 2.68 bits per heavy atom. The van der Waals surface area contributed by atoms with Crippen LogP contribution in [0.5, 0.6) is 0 Å². The summed E-state index contributed by atoms with van der Waals surface area (Å²) < 4.78 is 34.6. The van der Waals surface area contributed by atoms with Crippen LogP contribution in [0.25, 0.3) is 0 Å². The molecule has 1 heterocycles. The summed E-state index contributed by atoms with van der Waals surface area (Å²) in [4.78, 5) is 0.0332. The first-order valence-electron chi connectivity index (χ1n) is 5.82. The van der Waals surface area contributed by atoms with E-state index in [1.54, 1.807) is 0 Å². The summed E-state index contributed by atoms with van der Waals surface area (Å²) in [5.74, 6) is 0.0183. The molecule has 0 bridgehead atoms. The molecule has 0 aliphatic carbocycles. The van der Waals surface area contributed by atoms with Crippen LogP contribution in [0.1, 0.15) is 13.8 Å². The van der Waals surface area contributed by atoms with Gasteiger partial charge in [0.15, 0.2) is 10.7 Å². The van der Waals surface area contributed by atoms with Gasteiger partial charge in [-0.1, -0.05) is 0 Å². The Morgan fingerprint density at radius 1 is 1.53 bits per heavy atom. The summed E-state index contributed by atoms with van der Waals surface area (Å²) in [6, 6.07) is -0.0316. The molecule has 110 valence electrons. The fraction of sp³-hybridized carbons (Fsp3) is 0.700. The lowest BCUT2D eigenvalue weighted by molar-refractivity contribution is 0.141. The minimum atomic E-state index is -3.61. The molecule has 1 rings (SSSR count). The summed E-state index contributed by atoms with van der Waals surface area (Å²) in [5, 5.41) is 3.52. The second-order valence-electron chi connectivity index (χ2n) is 4.22. The van der Waals surface area contributed by atoms with Crippen LogP contribution < -0.4 is 11.1 Å². The molecule has 1 atom stereocenters. The van der Waals surface area contributed by atoms with E-state index in [9.17, 15) is 8.42 Å². The van der Waals surface area contributed by atoms with Crippen LogP contribution in [0.2, 0.25) is 0 Å². The van der Waals surface area contributed by atoms with Crippen molar-refractivity contribution < 1.29 is 13.2 Å². The standard InChI is InChI=1S/C10H20N4O3S2/c1-5-17-6-7(2)12-10-8(9(11)13-18-10)19(15,16)14(3)4/h7,12H,5-6H2,1-4H3,(H2,11,13). The Balaban J connectivity index is 2.99. The first kappa shape index (κ1) is 16.2. The van der Waals surface area contributed by atoms with Gasteiger partial charge in [-0.05, 0) is 25.4 Å². The van der Waals surface area contributed by atoms with E-state index in [-0.39, 0.29) is 16.8 Å². The summed E-state index contributed by atoms with van der Waals surface area (Å²) >= 11 is 1.03. The molecule has 0 spiro atoms. The van der Waals surface area contributed by atoms with Gasteiger partial charge in [-0.15, -0.1) is 0 Å². The van der Waals surface area contributed by atoms with Crippen molar-refractivity contribution in [1.82, 2.24) is 8.68 Å². The second-order valence-corrected chi connectivity index (χ2v) is 7.08. The molecule has 1 aromatic rings. The molecule has 9 heteroatoms. The third-order valence-electron chi connectivity index (χ3n) is 2.36. The molecule has 0 radical (unpaired) electrons. The average Bonchev–Trinajstić information content (AvgIpc) is 2.68. The molecule has 7 nitrogen and oxygen atoms in total. The van der Waals surface area contributed by atoms with Crippen LogP contribution in [0.4, 0.5) is 10.8 Å². The van der Waals surface area contributed by atoms with Crippen molar-refractivity contribution in [3.8, 4) is 0 Å². The number of nitrogens with two attached hydrogens (primary N) is 1. The van der Waals surface area contributed by atoms with Gasteiger partial charge in [0.25, 0.3) is 0 Å². The molecule has 3 N–H and O–H groups in total. The SMILES string of the molecule is CCOCC(C)Nc1snc(N)c1S(=O)(=O)N(C)C. The predicted molar refractivity (Wildman–Crippen MR) is 77.0 cm³/mol. The van der Waals surface area contributed by atoms with E-state index in [2.05, 4.69) is 9.69 Å². The number of rotatable bonds is 7. The molecule has 0 saturated carbocycles. The van der Waals surface area contributed by atoms with Gasteiger partial charge in [0.1, 0.15) is 5.00 Å². The zero-order chi connectivity index (χ0) is 14.6. The third-order valence-corrected chi connectivity index (χ3v) is 5.17. The van der Waals surface area contributed by atoms with E-state index in [1.165, 1.54) is 14.1 Å². The van der Waals surface area contributed by atoms with E-state index >= 15 is 0 Å². The van der Waals surface area contributed by atoms with Gasteiger partial charge in [-0.25, -0.2) is 12.7 Å². The van der Waals surface area contributed by atoms with Gasteiger partial charge in [-0.2, -0.15) is 4.37 Å². The first-order valence-corrected chi connectivity index (χ1v) is 8.04. The third kappa shape index (κ3) is 3.78. The molecule has 19 heavy (non-hydrogen) atoms. The van der Waals surface area contributed by atoms with Crippen molar-refractivity contribution >= 4 is 32.4 Å². The Hall–Kier alpha value is -0.900. The quantitative estimate of drug-likeness (QED) is 0.773. The lowest BCUT2D eigenvalue weighted by atomic mass is 10.3. The molecule has 0 fully saturated rings. The molecular formula is C10H20N4O3S2. The number of aromatic nitrogens is 1. The summed E-state index contributed by atoms with van der Waals surface area (Å²) in [7, 11) is -0.692.